The topological polar surface area (TPSA) is 55.3 Å². The Labute approximate surface area is 180 Å². The Morgan fingerprint density at radius 2 is 2.04 bits per heavy atom. The number of rotatable bonds is 9. The van der Waals surface area contributed by atoms with E-state index < -0.39 is 0 Å². The molecule has 0 aliphatic carbocycles. The fraction of sp³-hybridized carbons (Fsp3) is 0.650. The van der Waals surface area contributed by atoms with Crippen molar-refractivity contribution < 1.29 is 14.2 Å². The van der Waals surface area contributed by atoms with Gasteiger partial charge < -0.3 is 24.4 Å². The molecule has 0 spiro atoms. The number of halogens is 1. The van der Waals surface area contributed by atoms with Crippen LogP contribution in [0.25, 0.3) is 0 Å². The van der Waals surface area contributed by atoms with Gasteiger partial charge in [-0.15, -0.1) is 24.0 Å². The molecule has 0 aromatic heterocycles. The summed E-state index contributed by atoms with van der Waals surface area (Å²) in [6.07, 6.45) is 4.46. The van der Waals surface area contributed by atoms with E-state index in [-0.39, 0.29) is 24.0 Å². The van der Waals surface area contributed by atoms with Crippen molar-refractivity contribution in [2.75, 3.05) is 54.1 Å². The van der Waals surface area contributed by atoms with E-state index in [0.29, 0.717) is 6.61 Å². The van der Waals surface area contributed by atoms with Crippen LogP contribution in [0.1, 0.15) is 25.7 Å². The quantitative estimate of drug-likeness (QED) is 0.249. The summed E-state index contributed by atoms with van der Waals surface area (Å²) in [7, 11) is 5.59. The Balaban J connectivity index is 0.00000364. The zero-order chi connectivity index (χ0) is 18.6. The Morgan fingerprint density at radius 1 is 1.30 bits per heavy atom. The van der Waals surface area contributed by atoms with E-state index in [9.17, 15) is 0 Å². The molecule has 0 atom stereocenters. The monoisotopic (exact) mass is 491 g/mol. The Bertz CT molecular complexity index is 551. The average Bonchev–Trinajstić information content (AvgIpc) is 2.70. The van der Waals surface area contributed by atoms with Gasteiger partial charge in [0.05, 0.1) is 13.7 Å². The second kappa shape index (κ2) is 13.9. The Morgan fingerprint density at radius 3 is 2.74 bits per heavy atom. The molecule has 154 valence electrons. The molecule has 1 N–H and O–H groups in total. The molecule has 7 heteroatoms. The SMILES string of the molecule is CN=C(NCCCOc1cccc(OC)c1)N(C)CCC1CCOCC1.I. The van der Waals surface area contributed by atoms with Crippen LogP contribution in [0.4, 0.5) is 0 Å². The van der Waals surface area contributed by atoms with Gasteiger partial charge >= 0.3 is 0 Å². The average molecular weight is 491 g/mol. The van der Waals surface area contributed by atoms with E-state index in [1.165, 1.54) is 19.3 Å². The normalized spacial score (nSPS) is 15.0. The third-order valence-corrected chi connectivity index (χ3v) is 4.70. The van der Waals surface area contributed by atoms with Crippen LogP contribution >= 0.6 is 24.0 Å². The molecular weight excluding hydrogens is 457 g/mol. The van der Waals surface area contributed by atoms with Crippen LogP contribution in [0, 0.1) is 5.92 Å². The van der Waals surface area contributed by atoms with Crippen molar-refractivity contribution in [1.29, 1.82) is 0 Å². The van der Waals surface area contributed by atoms with E-state index in [0.717, 1.165) is 56.1 Å². The zero-order valence-electron chi connectivity index (χ0n) is 16.8. The summed E-state index contributed by atoms with van der Waals surface area (Å²) in [5.41, 5.74) is 0. The van der Waals surface area contributed by atoms with Crippen LogP contribution in [0.15, 0.2) is 29.3 Å². The maximum atomic E-state index is 5.77. The zero-order valence-corrected chi connectivity index (χ0v) is 19.1. The molecule has 1 heterocycles. The molecule has 1 aromatic carbocycles. The maximum absolute atomic E-state index is 5.77. The van der Waals surface area contributed by atoms with Gasteiger partial charge in [-0.05, 0) is 43.7 Å². The highest BCUT2D eigenvalue weighted by Gasteiger charge is 2.15. The lowest BCUT2D eigenvalue weighted by atomic mass is 9.96. The van der Waals surface area contributed by atoms with Crippen molar-refractivity contribution in [1.82, 2.24) is 10.2 Å². The Kier molecular flexibility index (Phi) is 12.2. The van der Waals surface area contributed by atoms with Crippen molar-refractivity contribution in [3.63, 3.8) is 0 Å². The lowest BCUT2D eigenvalue weighted by molar-refractivity contribution is 0.0625. The van der Waals surface area contributed by atoms with E-state index >= 15 is 0 Å². The fourth-order valence-electron chi connectivity index (χ4n) is 3.06. The van der Waals surface area contributed by atoms with Crippen molar-refractivity contribution in [3.8, 4) is 11.5 Å². The van der Waals surface area contributed by atoms with Gasteiger partial charge in [-0.2, -0.15) is 0 Å². The first-order chi connectivity index (χ1) is 12.7. The van der Waals surface area contributed by atoms with Gasteiger partial charge in [0.1, 0.15) is 11.5 Å². The van der Waals surface area contributed by atoms with E-state index in [1.807, 2.05) is 31.3 Å². The number of guanidine groups is 1. The summed E-state index contributed by atoms with van der Waals surface area (Å²) in [4.78, 5) is 6.59. The highest BCUT2D eigenvalue weighted by molar-refractivity contribution is 14.0. The van der Waals surface area contributed by atoms with Crippen molar-refractivity contribution in [3.05, 3.63) is 24.3 Å². The van der Waals surface area contributed by atoms with Crippen LogP contribution in [-0.4, -0.2) is 65.0 Å². The minimum atomic E-state index is 0. The van der Waals surface area contributed by atoms with E-state index in [2.05, 4.69) is 22.3 Å². The highest BCUT2D eigenvalue weighted by atomic mass is 127. The molecule has 1 saturated heterocycles. The van der Waals surface area contributed by atoms with Crippen LogP contribution in [0.2, 0.25) is 0 Å². The van der Waals surface area contributed by atoms with Crippen LogP contribution in [-0.2, 0) is 4.74 Å². The van der Waals surface area contributed by atoms with Crippen LogP contribution in [0.3, 0.4) is 0 Å². The fourth-order valence-corrected chi connectivity index (χ4v) is 3.06. The summed E-state index contributed by atoms with van der Waals surface area (Å²) in [5, 5.41) is 3.41. The van der Waals surface area contributed by atoms with Crippen molar-refractivity contribution in [2.45, 2.75) is 25.7 Å². The molecule has 0 unspecified atom stereocenters. The second-order valence-electron chi connectivity index (χ2n) is 6.62. The summed E-state index contributed by atoms with van der Waals surface area (Å²) >= 11 is 0. The molecule has 27 heavy (non-hydrogen) atoms. The molecule has 6 nitrogen and oxygen atoms in total. The molecule has 1 aliphatic heterocycles. The summed E-state index contributed by atoms with van der Waals surface area (Å²) in [6, 6.07) is 7.69. The largest absolute Gasteiger partial charge is 0.497 e. The number of nitrogens with one attached hydrogen (secondary N) is 1. The second-order valence-corrected chi connectivity index (χ2v) is 6.62. The minimum Gasteiger partial charge on any atom is -0.497 e. The molecule has 1 aromatic rings. The molecule has 0 radical (unpaired) electrons. The van der Waals surface area contributed by atoms with Gasteiger partial charge in [0, 0.05) is 46.5 Å². The third-order valence-electron chi connectivity index (χ3n) is 4.70. The smallest absolute Gasteiger partial charge is 0.193 e. The number of nitrogens with zero attached hydrogens (tertiary/aromatic N) is 2. The number of ether oxygens (including phenoxy) is 3. The van der Waals surface area contributed by atoms with Crippen molar-refractivity contribution >= 4 is 29.9 Å². The predicted octanol–water partition coefficient (Wildman–Crippen LogP) is 3.41. The highest BCUT2D eigenvalue weighted by Crippen LogP contribution is 2.19. The first-order valence-electron chi connectivity index (χ1n) is 9.49. The molecule has 1 fully saturated rings. The molecule has 2 rings (SSSR count). The van der Waals surface area contributed by atoms with Gasteiger partial charge in [0.15, 0.2) is 5.96 Å². The van der Waals surface area contributed by atoms with Crippen LogP contribution in [0.5, 0.6) is 11.5 Å². The lowest BCUT2D eigenvalue weighted by Crippen LogP contribution is -2.40. The molecule has 0 amide bonds. The molecule has 0 saturated carbocycles. The van der Waals surface area contributed by atoms with Gasteiger partial charge in [-0.25, -0.2) is 0 Å². The molecule has 0 bridgehead atoms. The third kappa shape index (κ3) is 9.01. The van der Waals surface area contributed by atoms with Gasteiger partial charge in [0.2, 0.25) is 0 Å². The molecular formula is C20H34IN3O3. The number of hydrogen-bond donors (Lipinski definition) is 1. The van der Waals surface area contributed by atoms with E-state index in [4.69, 9.17) is 14.2 Å². The molecule has 1 aliphatic rings. The predicted molar refractivity (Wildman–Crippen MR) is 121 cm³/mol. The summed E-state index contributed by atoms with van der Waals surface area (Å²) < 4.78 is 16.4. The first kappa shape index (κ1) is 23.8. The van der Waals surface area contributed by atoms with E-state index in [1.54, 1.807) is 7.11 Å². The number of aliphatic imine (C=N–C) groups is 1. The van der Waals surface area contributed by atoms with Crippen LogP contribution < -0.4 is 14.8 Å². The van der Waals surface area contributed by atoms with Gasteiger partial charge in [-0.3, -0.25) is 4.99 Å². The summed E-state index contributed by atoms with van der Waals surface area (Å²) in [6.45, 7) is 4.33. The van der Waals surface area contributed by atoms with Crippen molar-refractivity contribution in [2.24, 2.45) is 10.9 Å². The Hall–Kier alpha value is -1.22. The summed E-state index contributed by atoms with van der Waals surface area (Å²) in [5.74, 6) is 3.37. The number of methoxy groups -OCH3 is 1. The minimum absolute atomic E-state index is 0. The van der Waals surface area contributed by atoms with Gasteiger partial charge in [0.25, 0.3) is 0 Å². The van der Waals surface area contributed by atoms with Gasteiger partial charge in [-0.1, -0.05) is 6.07 Å². The lowest BCUT2D eigenvalue weighted by Gasteiger charge is -2.26. The first-order valence-corrected chi connectivity index (χ1v) is 9.49. The number of benzene rings is 1. The standard InChI is InChI=1S/C20H33N3O3.HI/c1-21-20(23(2)12-8-17-9-14-25-15-10-17)22-11-5-13-26-19-7-4-6-18(16-19)24-3;/h4,6-7,16-17H,5,8-15H2,1-3H3,(H,21,22);1H. The maximum Gasteiger partial charge on any atom is 0.193 e. The number of hydrogen-bond acceptors (Lipinski definition) is 4.